The zero-order valence-corrected chi connectivity index (χ0v) is 21.3. The van der Waals surface area contributed by atoms with Crippen molar-refractivity contribution in [2.24, 2.45) is 7.05 Å². The van der Waals surface area contributed by atoms with Gasteiger partial charge in [-0.05, 0) is 72.7 Å². The maximum atomic E-state index is 13.4. The fourth-order valence-electron chi connectivity index (χ4n) is 4.52. The number of benzene rings is 3. The van der Waals surface area contributed by atoms with E-state index in [1.165, 1.54) is 0 Å². The average Bonchev–Trinajstić information content (AvgIpc) is 3.39. The van der Waals surface area contributed by atoms with Crippen LogP contribution in [0.2, 0.25) is 0 Å². The van der Waals surface area contributed by atoms with Crippen LogP contribution in [0.4, 0.5) is 5.69 Å². The van der Waals surface area contributed by atoms with E-state index >= 15 is 0 Å². The minimum atomic E-state index is -1.00. The van der Waals surface area contributed by atoms with Crippen LogP contribution in [0.1, 0.15) is 45.7 Å². The SMILES string of the molecule is Cc1cc(C(C)Nc2ccccc2C(=O)O)c2cc(C#Cc3cnn(-c4ccccc4)c3)n(C)c(=O)c2c1. The first-order valence-corrected chi connectivity index (χ1v) is 12.2. The molecule has 38 heavy (non-hydrogen) atoms. The van der Waals surface area contributed by atoms with Crippen LogP contribution in [0, 0.1) is 18.8 Å². The number of carboxylic acid groups (broad SMARTS) is 1. The number of hydrogen-bond acceptors (Lipinski definition) is 4. The molecule has 0 aliphatic heterocycles. The van der Waals surface area contributed by atoms with Gasteiger partial charge in [0.05, 0.1) is 28.7 Å². The first-order chi connectivity index (χ1) is 18.3. The van der Waals surface area contributed by atoms with Gasteiger partial charge in [-0.1, -0.05) is 42.3 Å². The third-order valence-corrected chi connectivity index (χ3v) is 6.47. The Morgan fingerprint density at radius 3 is 2.50 bits per heavy atom. The Balaban J connectivity index is 1.55. The van der Waals surface area contributed by atoms with Crippen molar-refractivity contribution in [1.82, 2.24) is 14.3 Å². The number of pyridine rings is 1. The van der Waals surface area contributed by atoms with Gasteiger partial charge in [-0.25, -0.2) is 9.48 Å². The highest BCUT2D eigenvalue weighted by Gasteiger charge is 2.17. The van der Waals surface area contributed by atoms with Crippen LogP contribution < -0.4 is 10.9 Å². The van der Waals surface area contributed by atoms with Crippen LogP contribution >= 0.6 is 0 Å². The second kappa shape index (κ2) is 10.1. The first kappa shape index (κ1) is 24.6. The van der Waals surface area contributed by atoms with Crippen molar-refractivity contribution in [2.75, 3.05) is 5.32 Å². The highest BCUT2D eigenvalue weighted by atomic mass is 16.4. The molecule has 7 heteroatoms. The fourth-order valence-corrected chi connectivity index (χ4v) is 4.52. The van der Waals surface area contributed by atoms with Crippen molar-refractivity contribution in [3.05, 3.63) is 123 Å². The number of carboxylic acids is 1. The molecule has 2 heterocycles. The van der Waals surface area contributed by atoms with Crippen LogP contribution in [0.25, 0.3) is 16.5 Å². The molecular weight excluding hydrogens is 476 g/mol. The first-order valence-electron chi connectivity index (χ1n) is 12.2. The van der Waals surface area contributed by atoms with Crippen LogP contribution in [0.3, 0.4) is 0 Å². The summed E-state index contributed by atoms with van der Waals surface area (Å²) < 4.78 is 3.31. The van der Waals surface area contributed by atoms with Gasteiger partial charge in [0.2, 0.25) is 0 Å². The van der Waals surface area contributed by atoms with Gasteiger partial charge in [0.15, 0.2) is 0 Å². The van der Waals surface area contributed by atoms with E-state index in [0.717, 1.165) is 27.8 Å². The lowest BCUT2D eigenvalue weighted by Gasteiger charge is -2.20. The molecule has 0 saturated heterocycles. The molecule has 1 unspecified atom stereocenters. The predicted octanol–water partition coefficient (Wildman–Crippen LogP) is 5.30. The Hall–Kier alpha value is -5.09. The predicted molar refractivity (Wildman–Crippen MR) is 149 cm³/mol. The summed E-state index contributed by atoms with van der Waals surface area (Å²) in [6.45, 7) is 3.89. The molecule has 0 amide bonds. The number of rotatable bonds is 5. The molecule has 0 spiro atoms. The summed E-state index contributed by atoms with van der Waals surface area (Å²) in [5.41, 5.74) is 4.62. The maximum Gasteiger partial charge on any atom is 0.337 e. The molecular formula is C31H26N4O3. The van der Waals surface area contributed by atoms with Gasteiger partial charge in [0.1, 0.15) is 0 Å². The molecule has 0 fully saturated rings. The Morgan fingerprint density at radius 1 is 1.00 bits per heavy atom. The number of aromatic carboxylic acids is 1. The third-order valence-electron chi connectivity index (χ3n) is 6.47. The lowest BCUT2D eigenvalue weighted by molar-refractivity contribution is 0.0698. The number of fused-ring (bicyclic) bond motifs is 1. The zero-order chi connectivity index (χ0) is 26.8. The Bertz CT molecular complexity index is 1790. The quantitative estimate of drug-likeness (QED) is 0.318. The highest BCUT2D eigenvalue weighted by Crippen LogP contribution is 2.29. The van der Waals surface area contributed by atoms with Crippen molar-refractivity contribution in [3.8, 4) is 17.5 Å². The molecule has 3 aromatic carbocycles. The molecule has 5 aromatic rings. The average molecular weight is 503 g/mol. The number of aryl methyl sites for hydroxylation is 1. The Morgan fingerprint density at radius 2 is 1.74 bits per heavy atom. The minimum Gasteiger partial charge on any atom is -0.478 e. The summed E-state index contributed by atoms with van der Waals surface area (Å²) in [4.78, 5) is 25.1. The molecule has 2 N–H and O–H groups in total. The normalized spacial score (nSPS) is 11.6. The standard InChI is InChI=1S/C31H26N4O3/c1-20-15-26(21(2)33-29-12-8-7-11-25(29)31(37)38)27-17-24(34(3)30(36)28(27)16-20)14-13-22-18-32-35(19-22)23-9-5-4-6-10-23/h4-12,15-19,21,33H,1-3H3,(H,37,38). The van der Waals surface area contributed by atoms with Gasteiger partial charge in [0.25, 0.3) is 5.56 Å². The van der Waals surface area contributed by atoms with Gasteiger partial charge >= 0.3 is 5.97 Å². The number of aromatic nitrogens is 3. The molecule has 0 radical (unpaired) electrons. The molecule has 0 saturated carbocycles. The smallest absolute Gasteiger partial charge is 0.337 e. The van der Waals surface area contributed by atoms with Crippen LogP contribution in [0.15, 0.2) is 90.0 Å². The number of nitrogens with one attached hydrogen (secondary N) is 1. The summed E-state index contributed by atoms with van der Waals surface area (Å²) in [5, 5.41) is 18.7. The van der Waals surface area contributed by atoms with Crippen molar-refractivity contribution >= 4 is 22.4 Å². The van der Waals surface area contributed by atoms with Crippen molar-refractivity contribution < 1.29 is 9.90 Å². The van der Waals surface area contributed by atoms with Gasteiger partial charge < -0.3 is 15.0 Å². The van der Waals surface area contributed by atoms with E-state index in [0.29, 0.717) is 16.8 Å². The van der Waals surface area contributed by atoms with Crippen LogP contribution in [-0.4, -0.2) is 25.4 Å². The second-order valence-corrected chi connectivity index (χ2v) is 9.19. The number of nitrogens with zero attached hydrogens (tertiary/aromatic N) is 3. The molecule has 2 aromatic heterocycles. The van der Waals surface area contributed by atoms with Crippen molar-refractivity contribution in [3.63, 3.8) is 0 Å². The topological polar surface area (TPSA) is 89.2 Å². The fraction of sp³-hybridized carbons (Fsp3) is 0.129. The lowest BCUT2D eigenvalue weighted by Crippen LogP contribution is -2.20. The van der Waals surface area contributed by atoms with E-state index in [1.807, 2.05) is 68.6 Å². The van der Waals surface area contributed by atoms with E-state index in [1.54, 1.807) is 46.8 Å². The molecule has 7 nitrogen and oxygen atoms in total. The van der Waals surface area contributed by atoms with Crippen molar-refractivity contribution in [1.29, 1.82) is 0 Å². The molecule has 0 aliphatic carbocycles. The van der Waals surface area contributed by atoms with Crippen molar-refractivity contribution in [2.45, 2.75) is 19.9 Å². The maximum absolute atomic E-state index is 13.4. The van der Waals surface area contributed by atoms with E-state index in [2.05, 4.69) is 22.3 Å². The summed E-state index contributed by atoms with van der Waals surface area (Å²) in [5.74, 6) is 5.27. The summed E-state index contributed by atoms with van der Waals surface area (Å²) >= 11 is 0. The van der Waals surface area contributed by atoms with E-state index < -0.39 is 5.97 Å². The zero-order valence-electron chi connectivity index (χ0n) is 21.3. The number of para-hydroxylation sites is 2. The lowest BCUT2D eigenvalue weighted by atomic mass is 9.96. The largest absolute Gasteiger partial charge is 0.478 e. The summed E-state index contributed by atoms with van der Waals surface area (Å²) in [6, 6.07) is 22.1. The second-order valence-electron chi connectivity index (χ2n) is 9.19. The van der Waals surface area contributed by atoms with Gasteiger partial charge in [0, 0.05) is 30.4 Å². The van der Waals surface area contributed by atoms with Crippen LogP contribution in [-0.2, 0) is 7.05 Å². The Kier molecular flexibility index (Phi) is 6.55. The van der Waals surface area contributed by atoms with E-state index in [4.69, 9.17) is 0 Å². The number of carbonyl (C=O) groups is 1. The molecule has 188 valence electrons. The van der Waals surface area contributed by atoms with Gasteiger partial charge in [-0.3, -0.25) is 4.79 Å². The van der Waals surface area contributed by atoms with E-state index in [-0.39, 0.29) is 17.2 Å². The molecule has 5 rings (SSSR count). The summed E-state index contributed by atoms with van der Waals surface area (Å²) in [6.07, 6.45) is 3.54. The van der Waals surface area contributed by atoms with Gasteiger partial charge in [-0.15, -0.1) is 0 Å². The van der Waals surface area contributed by atoms with E-state index in [9.17, 15) is 14.7 Å². The van der Waals surface area contributed by atoms with Crippen LogP contribution in [0.5, 0.6) is 0 Å². The molecule has 1 atom stereocenters. The Labute approximate surface area is 220 Å². The molecule has 0 aliphatic rings. The highest BCUT2D eigenvalue weighted by molar-refractivity contribution is 5.94. The van der Waals surface area contributed by atoms with Gasteiger partial charge in [-0.2, -0.15) is 5.10 Å². The number of anilines is 1. The minimum absolute atomic E-state index is 0.144. The molecule has 0 bridgehead atoms. The summed E-state index contributed by atoms with van der Waals surface area (Å²) in [7, 11) is 1.71. The number of hydrogen-bond donors (Lipinski definition) is 2. The third kappa shape index (κ3) is 4.80. The monoisotopic (exact) mass is 502 g/mol.